The molecule has 1 atom stereocenters. The molecular weight excluding hydrogens is 200 g/mol. The van der Waals surface area contributed by atoms with Crippen LogP contribution in [0.2, 0.25) is 0 Å². The molecule has 0 aromatic carbocycles. The number of aromatic nitrogens is 1. The van der Waals surface area contributed by atoms with Gasteiger partial charge in [-0.2, -0.15) is 0 Å². The quantitative estimate of drug-likeness (QED) is 0.829. The summed E-state index contributed by atoms with van der Waals surface area (Å²) in [6, 6.07) is 4.18. The zero-order chi connectivity index (χ0) is 11.8. The van der Waals surface area contributed by atoms with Crippen molar-refractivity contribution in [3.8, 4) is 0 Å². The van der Waals surface area contributed by atoms with Crippen molar-refractivity contribution in [2.75, 3.05) is 18.0 Å². The first-order valence-corrected chi connectivity index (χ1v) is 5.91. The molecule has 1 N–H and O–H groups in total. The summed E-state index contributed by atoms with van der Waals surface area (Å²) in [5.74, 6) is 0.468. The van der Waals surface area contributed by atoms with Crippen LogP contribution < -0.4 is 4.90 Å². The minimum absolute atomic E-state index is 0.468. The van der Waals surface area contributed by atoms with Gasteiger partial charge < -0.3 is 10.0 Å². The van der Waals surface area contributed by atoms with Crippen molar-refractivity contribution in [1.82, 2.24) is 4.98 Å². The van der Waals surface area contributed by atoms with Crippen LogP contribution in [-0.4, -0.2) is 28.8 Å². The van der Waals surface area contributed by atoms with Crippen LogP contribution in [-0.2, 0) is 0 Å². The first-order chi connectivity index (χ1) is 7.48. The Morgan fingerprint density at radius 3 is 2.62 bits per heavy atom. The van der Waals surface area contributed by atoms with Crippen LogP contribution in [0.4, 0.5) is 5.69 Å². The third-order valence-electron chi connectivity index (χ3n) is 3.18. The van der Waals surface area contributed by atoms with Gasteiger partial charge in [-0.05, 0) is 31.4 Å². The van der Waals surface area contributed by atoms with E-state index in [-0.39, 0.29) is 0 Å². The molecule has 0 bridgehead atoms. The van der Waals surface area contributed by atoms with Gasteiger partial charge in [-0.15, -0.1) is 0 Å². The third kappa shape index (κ3) is 2.35. The van der Waals surface area contributed by atoms with Gasteiger partial charge in [0, 0.05) is 18.8 Å². The minimum atomic E-state index is -0.545. The van der Waals surface area contributed by atoms with Crippen LogP contribution in [0.1, 0.15) is 38.8 Å². The summed E-state index contributed by atoms with van der Waals surface area (Å²) in [6.45, 7) is 7.79. The van der Waals surface area contributed by atoms with Crippen molar-refractivity contribution in [3.63, 3.8) is 0 Å². The summed E-state index contributed by atoms with van der Waals surface area (Å²) in [5.41, 5.74) is 1.69. The molecule has 1 fully saturated rings. The van der Waals surface area contributed by atoms with E-state index in [1.54, 1.807) is 0 Å². The molecule has 2 heterocycles. The van der Waals surface area contributed by atoms with Crippen LogP contribution in [0.3, 0.4) is 0 Å². The lowest BCUT2D eigenvalue weighted by molar-refractivity contribution is 0.0839. The zero-order valence-electron chi connectivity index (χ0n) is 10.3. The van der Waals surface area contributed by atoms with E-state index in [1.807, 2.05) is 13.1 Å². The Kier molecular flexibility index (Phi) is 2.89. The predicted octanol–water partition coefficient (Wildman–Crippen LogP) is 2.17. The lowest BCUT2D eigenvalue weighted by Crippen LogP contribution is -2.29. The topological polar surface area (TPSA) is 36.4 Å². The standard InChI is InChI=1S/C13H20N2O/c1-10(2)12-5-4-11(8-14-12)15-7-6-13(3,16)9-15/h4-5,8,10,16H,6-7,9H2,1-3H3/t13-/m0/s1. The molecule has 3 nitrogen and oxygen atoms in total. The molecule has 1 saturated heterocycles. The first-order valence-electron chi connectivity index (χ1n) is 5.91. The highest BCUT2D eigenvalue weighted by Crippen LogP contribution is 2.26. The minimum Gasteiger partial charge on any atom is -0.388 e. The van der Waals surface area contributed by atoms with Crippen LogP contribution in [0.15, 0.2) is 18.3 Å². The van der Waals surface area contributed by atoms with Gasteiger partial charge in [0.15, 0.2) is 0 Å². The molecule has 0 radical (unpaired) electrons. The summed E-state index contributed by atoms with van der Waals surface area (Å²) in [7, 11) is 0. The highest BCUT2D eigenvalue weighted by molar-refractivity contribution is 5.46. The fraction of sp³-hybridized carbons (Fsp3) is 0.615. The molecule has 2 rings (SSSR count). The van der Waals surface area contributed by atoms with Gasteiger partial charge >= 0.3 is 0 Å². The smallest absolute Gasteiger partial charge is 0.0810 e. The maximum Gasteiger partial charge on any atom is 0.0810 e. The second-order valence-electron chi connectivity index (χ2n) is 5.26. The molecule has 16 heavy (non-hydrogen) atoms. The van der Waals surface area contributed by atoms with Gasteiger partial charge in [0.2, 0.25) is 0 Å². The maximum atomic E-state index is 9.91. The molecule has 0 spiro atoms. The fourth-order valence-electron chi connectivity index (χ4n) is 2.09. The second kappa shape index (κ2) is 4.06. The summed E-state index contributed by atoms with van der Waals surface area (Å²) >= 11 is 0. The number of anilines is 1. The zero-order valence-corrected chi connectivity index (χ0v) is 10.3. The van der Waals surface area contributed by atoms with Crippen LogP contribution in [0, 0.1) is 0 Å². The first kappa shape index (κ1) is 11.4. The number of hydrogen-bond donors (Lipinski definition) is 1. The van der Waals surface area contributed by atoms with E-state index in [0.29, 0.717) is 12.5 Å². The Hall–Kier alpha value is -1.09. The van der Waals surface area contributed by atoms with E-state index < -0.39 is 5.60 Å². The number of nitrogens with zero attached hydrogens (tertiary/aromatic N) is 2. The molecule has 1 aromatic rings. The van der Waals surface area contributed by atoms with Gasteiger partial charge in [-0.1, -0.05) is 13.8 Å². The Labute approximate surface area is 97.1 Å². The van der Waals surface area contributed by atoms with E-state index >= 15 is 0 Å². The van der Waals surface area contributed by atoms with Crippen molar-refractivity contribution < 1.29 is 5.11 Å². The van der Waals surface area contributed by atoms with Crippen molar-refractivity contribution in [2.24, 2.45) is 0 Å². The summed E-state index contributed by atoms with van der Waals surface area (Å²) in [5, 5.41) is 9.91. The number of pyridine rings is 1. The SMILES string of the molecule is CC(C)c1ccc(N2CC[C@](C)(O)C2)cn1. The van der Waals surface area contributed by atoms with E-state index in [0.717, 1.165) is 24.3 Å². The number of hydrogen-bond acceptors (Lipinski definition) is 3. The average Bonchev–Trinajstić information content (AvgIpc) is 2.59. The Balaban J connectivity index is 2.11. The van der Waals surface area contributed by atoms with Crippen molar-refractivity contribution in [1.29, 1.82) is 0 Å². The molecular formula is C13H20N2O. The van der Waals surface area contributed by atoms with E-state index in [4.69, 9.17) is 0 Å². The van der Waals surface area contributed by atoms with Crippen molar-refractivity contribution in [3.05, 3.63) is 24.0 Å². The predicted molar refractivity (Wildman–Crippen MR) is 65.8 cm³/mol. The second-order valence-corrected chi connectivity index (χ2v) is 5.26. The average molecular weight is 220 g/mol. The number of β-amino-alcohol motifs (C(OH)–C–C–N with tert-alkyl or cyclic N) is 1. The normalized spacial score (nSPS) is 25.4. The van der Waals surface area contributed by atoms with E-state index in [9.17, 15) is 5.11 Å². The van der Waals surface area contributed by atoms with Crippen molar-refractivity contribution in [2.45, 2.75) is 38.7 Å². The highest BCUT2D eigenvalue weighted by Gasteiger charge is 2.31. The fourth-order valence-corrected chi connectivity index (χ4v) is 2.09. The van der Waals surface area contributed by atoms with Gasteiger partial charge in [0.1, 0.15) is 0 Å². The maximum absolute atomic E-state index is 9.91. The lowest BCUT2D eigenvalue weighted by Gasteiger charge is -2.20. The van der Waals surface area contributed by atoms with E-state index in [1.165, 1.54) is 0 Å². The third-order valence-corrected chi connectivity index (χ3v) is 3.18. The summed E-state index contributed by atoms with van der Waals surface area (Å²) < 4.78 is 0. The number of rotatable bonds is 2. The highest BCUT2D eigenvalue weighted by atomic mass is 16.3. The molecule has 1 aliphatic heterocycles. The lowest BCUT2D eigenvalue weighted by atomic mass is 10.1. The van der Waals surface area contributed by atoms with Crippen LogP contribution in [0.25, 0.3) is 0 Å². The van der Waals surface area contributed by atoms with Gasteiger partial charge in [-0.3, -0.25) is 4.98 Å². The molecule has 0 aliphatic carbocycles. The Bertz CT molecular complexity index is 357. The van der Waals surface area contributed by atoms with Gasteiger partial charge in [0.25, 0.3) is 0 Å². The van der Waals surface area contributed by atoms with Gasteiger partial charge in [-0.25, -0.2) is 0 Å². The molecule has 0 unspecified atom stereocenters. The Morgan fingerprint density at radius 1 is 1.44 bits per heavy atom. The molecule has 0 saturated carbocycles. The molecule has 0 amide bonds. The van der Waals surface area contributed by atoms with Crippen LogP contribution >= 0.6 is 0 Å². The largest absolute Gasteiger partial charge is 0.388 e. The van der Waals surface area contributed by atoms with E-state index in [2.05, 4.69) is 35.9 Å². The van der Waals surface area contributed by atoms with Gasteiger partial charge in [0.05, 0.1) is 17.5 Å². The molecule has 3 heteroatoms. The van der Waals surface area contributed by atoms with Crippen molar-refractivity contribution >= 4 is 5.69 Å². The monoisotopic (exact) mass is 220 g/mol. The Morgan fingerprint density at radius 2 is 2.19 bits per heavy atom. The summed E-state index contributed by atoms with van der Waals surface area (Å²) in [4.78, 5) is 6.64. The molecule has 88 valence electrons. The number of aliphatic hydroxyl groups is 1. The van der Waals surface area contributed by atoms with Crippen LogP contribution in [0.5, 0.6) is 0 Å². The summed E-state index contributed by atoms with van der Waals surface area (Å²) in [6.07, 6.45) is 2.75. The molecule has 1 aromatic heterocycles. The molecule has 1 aliphatic rings.